The van der Waals surface area contributed by atoms with Crippen LogP contribution in [-0.2, 0) is 0 Å². The van der Waals surface area contributed by atoms with E-state index in [1.165, 1.54) is 17.8 Å². The summed E-state index contributed by atoms with van der Waals surface area (Å²) in [5.74, 6) is -0.345. The number of benzene rings is 2. The van der Waals surface area contributed by atoms with Crippen molar-refractivity contribution in [3.05, 3.63) is 82.9 Å². The van der Waals surface area contributed by atoms with Crippen LogP contribution in [0.25, 0.3) is 17.3 Å². The molecular formula is C25H26FN3. The maximum atomic E-state index is 13.6. The fraction of sp³-hybridized carbons (Fsp3) is 0.240. The number of halogens is 1. The van der Waals surface area contributed by atoms with Crippen molar-refractivity contribution >= 4 is 17.3 Å². The van der Waals surface area contributed by atoms with E-state index in [0.717, 1.165) is 35.7 Å². The van der Waals surface area contributed by atoms with E-state index < -0.39 is 0 Å². The second-order valence-electron chi connectivity index (χ2n) is 7.03. The summed E-state index contributed by atoms with van der Waals surface area (Å²) in [6.07, 6.45) is 1.83. The van der Waals surface area contributed by atoms with Gasteiger partial charge in [0.05, 0.1) is 11.6 Å². The Morgan fingerprint density at radius 2 is 1.76 bits per heavy atom. The molecule has 0 amide bonds. The van der Waals surface area contributed by atoms with Gasteiger partial charge in [0, 0.05) is 35.9 Å². The number of nitrogens with zero attached hydrogens (tertiary/aromatic N) is 3. The van der Waals surface area contributed by atoms with Crippen LogP contribution in [-0.4, -0.2) is 17.7 Å². The molecule has 1 aromatic heterocycles. The van der Waals surface area contributed by atoms with E-state index in [1.807, 2.05) is 13.0 Å². The van der Waals surface area contributed by atoms with Gasteiger partial charge in [0.1, 0.15) is 5.82 Å². The van der Waals surface area contributed by atoms with Crippen LogP contribution in [0.15, 0.2) is 54.6 Å². The summed E-state index contributed by atoms with van der Waals surface area (Å²) in [6, 6.07) is 18.9. The normalized spacial score (nSPS) is 11.4. The summed E-state index contributed by atoms with van der Waals surface area (Å²) in [5.41, 5.74) is 6.40. The van der Waals surface area contributed by atoms with Crippen LogP contribution in [0.5, 0.6) is 0 Å². The number of aromatic nitrogens is 1. The Labute approximate surface area is 172 Å². The van der Waals surface area contributed by atoms with E-state index in [2.05, 4.69) is 66.6 Å². The van der Waals surface area contributed by atoms with E-state index >= 15 is 0 Å². The first-order valence-electron chi connectivity index (χ1n) is 9.90. The van der Waals surface area contributed by atoms with E-state index in [-0.39, 0.29) is 5.82 Å². The molecular weight excluding hydrogens is 361 g/mol. The molecule has 3 aromatic rings. The molecule has 0 fully saturated rings. The van der Waals surface area contributed by atoms with E-state index in [9.17, 15) is 9.65 Å². The van der Waals surface area contributed by atoms with Crippen LogP contribution in [0, 0.1) is 31.0 Å². The van der Waals surface area contributed by atoms with Gasteiger partial charge in [-0.1, -0.05) is 12.1 Å². The third-order valence-electron chi connectivity index (χ3n) is 5.26. The van der Waals surface area contributed by atoms with Crippen LogP contribution >= 0.6 is 0 Å². The van der Waals surface area contributed by atoms with E-state index in [0.29, 0.717) is 11.1 Å². The van der Waals surface area contributed by atoms with Gasteiger partial charge in [0.15, 0.2) is 0 Å². The molecule has 0 bridgehead atoms. The van der Waals surface area contributed by atoms with Gasteiger partial charge >= 0.3 is 0 Å². The van der Waals surface area contributed by atoms with E-state index in [4.69, 9.17) is 0 Å². The zero-order chi connectivity index (χ0) is 21.0. The number of hydrogen-bond donors (Lipinski definition) is 0. The van der Waals surface area contributed by atoms with Crippen LogP contribution in [0.2, 0.25) is 0 Å². The summed E-state index contributed by atoms with van der Waals surface area (Å²) in [4.78, 5) is 2.31. The number of nitriles is 1. The highest BCUT2D eigenvalue weighted by atomic mass is 19.1. The Bertz CT molecular complexity index is 1060. The number of allylic oxidation sites excluding steroid dienone is 1. The van der Waals surface area contributed by atoms with Gasteiger partial charge in [0.2, 0.25) is 0 Å². The molecule has 0 radical (unpaired) electrons. The van der Waals surface area contributed by atoms with Gasteiger partial charge in [0.25, 0.3) is 0 Å². The molecule has 0 saturated heterocycles. The Morgan fingerprint density at radius 1 is 1.07 bits per heavy atom. The van der Waals surface area contributed by atoms with Gasteiger partial charge in [-0.25, -0.2) is 4.39 Å². The van der Waals surface area contributed by atoms with Crippen molar-refractivity contribution in [2.75, 3.05) is 18.0 Å². The van der Waals surface area contributed by atoms with Gasteiger partial charge < -0.3 is 9.47 Å². The summed E-state index contributed by atoms with van der Waals surface area (Å²) >= 11 is 0. The fourth-order valence-corrected chi connectivity index (χ4v) is 3.72. The minimum Gasteiger partial charge on any atom is -0.372 e. The zero-order valence-corrected chi connectivity index (χ0v) is 17.4. The first-order valence-corrected chi connectivity index (χ1v) is 9.90. The fourth-order valence-electron chi connectivity index (χ4n) is 3.72. The minimum atomic E-state index is -0.345. The van der Waals surface area contributed by atoms with Gasteiger partial charge in [-0.3, -0.25) is 0 Å². The molecule has 148 valence electrons. The van der Waals surface area contributed by atoms with Crippen LogP contribution in [0.3, 0.4) is 0 Å². The van der Waals surface area contributed by atoms with Gasteiger partial charge in [-0.2, -0.15) is 5.26 Å². The molecule has 0 N–H and O–H groups in total. The quantitative estimate of drug-likeness (QED) is 0.476. The standard InChI is InChI=1S/C25H26FN3/c1-5-28(6-2)24-10-12-25(13-11-24)29-18(3)14-21(19(29)4)15-22(17-27)20-8-7-9-23(26)16-20/h7-16H,5-6H2,1-4H3/b22-15-. The lowest BCUT2D eigenvalue weighted by Gasteiger charge is -2.21. The van der Waals surface area contributed by atoms with Crippen molar-refractivity contribution in [3.8, 4) is 11.8 Å². The van der Waals surface area contributed by atoms with Crippen LogP contribution in [0.4, 0.5) is 10.1 Å². The Morgan fingerprint density at radius 3 is 2.34 bits per heavy atom. The van der Waals surface area contributed by atoms with Crippen LogP contribution in [0.1, 0.15) is 36.4 Å². The van der Waals surface area contributed by atoms with Crippen molar-refractivity contribution in [1.29, 1.82) is 5.26 Å². The maximum Gasteiger partial charge on any atom is 0.123 e. The highest BCUT2D eigenvalue weighted by Crippen LogP contribution is 2.26. The Kier molecular flexibility index (Phi) is 6.19. The largest absolute Gasteiger partial charge is 0.372 e. The average Bonchev–Trinajstić information content (AvgIpc) is 3.00. The van der Waals surface area contributed by atoms with Crippen LogP contribution < -0.4 is 4.90 Å². The summed E-state index contributed by atoms with van der Waals surface area (Å²) in [5, 5.41) is 9.59. The van der Waals surface area contributed by atoms with Crippen molar-refractivity contribution in [2.45, 2.75) is 27.7 Å². The predicted molar refractivity (Wildman–Crippen MR) is 119 cm³/mol. The summed E-state index contributed by atoms with van der Waals surface area (Å²) < 4.78 is 15.7. The molecule has 0 spiro atoms. The van der Waals surface area contributed by atoms with Crippen molar-refractivity contribution in [3.63, 3.8) is 0 Å². The molecule has 2 aromatic carbocycles. The Balaban J connectivity index is 1.99. The smallest absolute Gasteiger partial charge is 0.123 e. The first kappa shape index (κ1) is 20.4. The number of hydrogen-bond acceptors (Lipinski definition) is 2. The number of anilines is 1. The average molecular weight is 388 g/mol. The topological polar surface area (TPSA) is 32.0 Å². The molecule has 0 saturated carbocycles. The third-order valence-corrected chi connectivity index (χ3v) is 5.26. The molecule has 3 rings (SSSR count). The second kappa shape index (κ2) is 8.79. The molecule has 29 heavy (non-hydrogen) atoms. The zero-order valence-electron chi connectivity index (χ0n) is 17.4. The number of aryl methyl sites for hydroxylation is 1. The molecule has 0 aliphatic rings. The SMILES string of the molecule is CCN(CC)c1ccc(-n2c(C)cc(/C=C(/C#N)c3cccc(F)c3)c2C)cc1. The maximum absolute atomic E-state index is 13.6. The Hall–Kier alpha value is -3.32. The molecule has 1 heterocycles. The van der Waals surface area contributed by atoms with Crippen molar-refractivity contribution in [1.82, 2.24) is 4.57 Å². The predicted octanol–water partition coefficient (Wildman–Crippen LogP) is 6.14. The van der Waals surface area contributed by atoms with E-state index in [1.54, 1.807) is 12.1 Å². The minimum absolute atomic E-state index is 0.345. The molecule has 3 nitrogen and oxygen atoms in total. The van der Waals surface area contributed by atoms with Crippen molar-refractivity contribution in [2.24, 2.45) is 0 Å². The molecule has 0 aliphatic heterocycles. The van der Waals surface area contributed by atoms with Gasteiger partial charge in [-0.15, -0.1) is 0 Å². The third kappa shape index (κ3) is 4.25. The molecule has 0 aliphatic carbocycles. The van der Waals surface area contributed by atoms with Crippen molar-refractivity contribution < 1.29 is 4.39 Å². The second-order valence-corrected chi connectivity index (χ2v) is 7.03. The lowest BCUT2D eigenvalue weighted by molar-refractivity contribution is 0.627. The molecule has 4 heteroatoms. The molecule has 0 unspecified atom stereocenters. The summed E-state index contributed by atoms with van der Waals surface area (Å²) in [6.45, 7) is 10.4. The lowest BCUT2D eigenvalue weighted by Crippen LogP contribution is -2.21. The monoisotopic (exact) mass is 387 g/mol. The highest BCUT2D eigenvalue weighted by Gasteiger charge is 2.12. The lowest BCUT2D eigenvalue weighted by atomic mass is 10.0. The summed E-state index contributed by atoms with van der Waals surface area (Å²) in [7, 11) is 0. The first-order chi connectivity index (χ1) is 14.0. The number of rotatable bonds is 6. The molecule has 0 atom stereocenters. The highest BCUT2D eigenvalue weighted by molar-refractivity contribution is 5.90. The van der Waals surface area contributed by atoms with Gasteiger partial charge in [-0.05, 0) is 87.4 Å².